The van der Waals surface area contributed by atoms with Crippen molar-refractivity contribution < 1.29 is 22.8 Å². The smallest absolute Gasteiger partial charge is 0.346 e. The number of halogens is 4. The summed E-state index contributed by atoms with van der Waals surface area (Å²) in [4.78, 5) is 23.0. The fourth-order valence-corrected chi connectivity index (χ4v) is 1.89. The summed E-state index contributed by atoms with van der Waals surface area (Å²) in [5, 5.41) is 7.13. The predicted octanol–water partition coefficient (Wildman–Crippen LogP) is 2.43. The van der Waals surface area contributed by atoms with E-state index in [0.29, 0.717) is 5.69 Å². The van der Waals surface area contributed by atoms with Gasteiger partial charge in [0.2, 0.25) is 11.8 Å². The van der Waals surface area contributed by atoms with Crippen molar-refractivity contribution in [2.24, 2.45) is 0 Å². The molecule has 0 radical (unpaired) electrons. The summed E-state index contributed by atoms with van der Waals surface area (Å²) in [6.07, 6.45) is -4.35. The first-order chi connectivity index (χ1) is 10.7. The number of alkyl halides is 3. The SMILES string of the molecule is CC(CC(=O)Nc1ccc(Br)cc1)NCC(=O)NCC(F)(F)F. The largest absolute Gasteiger partial charge is 0.405 e. The lowest BCUT2D eigenvalue weighted by atomic mass is 10.2. The van der Waals surface area contributed by atoms with Crippen LogP contribution < -0.4 is 16.0 Å². The summed E-state index contributed by atoms with van der Waals surface area (Å²) < 4.78 is 36.7. The lowest BCUT2D eigenvalue weighted by molar-refractivity contribution is -0.137. The van der Waals surface area contributed by atoms with Crippen LogP contribution in [0.1, 0.15) is 13.3 Å². The highest BCUT2D eigenvalue weighted by Crippen LogP contribution is 2.14. The molecule has 0 aromatic heterocycles. The second-order valence-electron chi connectivity index (χ2n) is 4.93. The Morgan fingerprint density at radius 3 is 2.35 bits per heavy atom. The molecule has 1 aromatic carbocycles. The van der Waals surface area contributed by atoms with E-state index in [1.54, 1.807) is 36.5 Å². The zero-order chi connectivity index (χ0) is 17.5. The summed E-state index contributed by atoms with van der Waals surface area (Å²) in [7, 11) is 0. The van der Waals surface area contributed by atoms with Crippen LogP contribution in [0.3, 0.4) is 0 Å². The van der Waals surface area contributed by atoms with Crippen molar-refractivity contribution in [1.82, 2.24) is 10.6 Å². The molecule has 0 aliphatic carbocycles. The first-order valence-corrected chi connectivity index (χ1v) is 7.57. The van der Waals surface area contributed by atoms with E-state index < -0.39 is 18.6 Å². The fourth-order valence-electron chi connectivity index (χ4n) is 1.62. The van der Waals surface area contributed by atoms with E-state index in [4.69, 9.17) is 0 Å². The second-order valence-corrected chi connectivity index (χ2v) is 5.85. The van der Waals surface area contributed by atoms with Crippen molar-refractivity contribution in [3.05, 3.63) is 28.7 Å². The number of anilines is 1. The molecule has 128 valence electrons. The molecule has 1 unspecified atom stereocenters. The third kappa shape index (κ3) is 9.19. The Labute approximate surface area is 140 Å². The number of carbonyl (C=O) groups is 2. The number of rotatable bonds is 7. The van der Waals surface area contributed by atoms with Gasteiger partial charge in [0, 0.05) is 22.6 Å². The Morgan fingerprint density at radius 1 is 1.17 bits per heavy atom. The van der Waals surface area contributed by atoms with Crippen LogP contribution in [0.4, 0.5) is 18.9 Å². The van der Waals surface area contributed by atoms with Crippen LogP contribution in [0.5, 0.6) is 0 Å². The van der Waals surface area contributed by atoms with E-state index in [0.717, 1.165) is 4.47 Å². The van der Waals surface area contributed by atoms with Gasteiger partial charge in [0.15, 0.2) is 0 Å². The molecule has 1 rings (SSSR count). The molecule has 1 atom stereocenters. The topological polar surface area (TPSA) is 70.2 Å². The molecule has 0 saturated carbocycles. The Bertz CT molecular complexity index is 535. The molecule has 0 spiro atoms. The van der Waals surface area contributed by atoms with Crippen molar-refractivity contribution in [3.63, 3.8) is 0 Å². The van der Waals surface area contributed by atoms with Gasteiger partial charge in [-0.3, -0.25) is 9.59 Å². The van der Waals surface area contributed by atoms with Crippen molar-refractivity contribution >= 4 is 33.4 Å². The highest BCUT2D eigenvalue weighted by molar-refractivity contribution is 9.10. The molecule has 0 fully saturated rings. The molecular weight excluding hydrogens is 379 g/mol. The molecule has 2 amide bonds. The molecule has 5 nitrogen and oxygen atoms in total. The van der Waals surface area contributed by atoms with Crippen LogP contribution in [0.15, 0.2) is 28.7 Å². The highest BCUT2D eigenvalue weighted by Gasteiger charge is 2.27. The van der Waals surface area contributed by atoms with Gasteiger partial charge in [-0.2, -0.15) is 13.2 Å². The quantitative estimate of drug-likeness (QED) is 0.663. The minimum Gasteiger partial charge on any atom is -0.346 e. The second kappa shape index (κ2) is 8.88. The summed E-state index contributed by atoms with van der Waals surface area (Å²) in [5.74, 6) is -1.04. The fraction of sp³-hybridized carbons (Fsp3) is 0.429. The van der Waals surface area contributed by atoms with Gasteiger partial charge >= 0.3 is 6.18 Å². The van der Waals surface area contributed by atoms with Crippen LogP contribution in [0, 0.1) is 0 Å². The van der Waals surface area contributed by atoms with Crippen molar-refractivity contribution in [1.29, 1.82) is 0 Å². The van der Waals surface area contributed by atoms with Gasteiger partial charge in [0.1, 0.15) is 6.54 Å². The minimum atomic E-state index is -4.44. The van der Waals surface area contributed by atoms with Gasteiger partial charge in [-0.15, -0.1) is 0 Å². The molecule has 0 bridgehead atoms. The highest BCUT2D eigenvalue weighted by atomic mass is 79.9. The number of benzene rings is 1. The number of nitrogens with one attached hydrogen (secondary N) is 3. The normalized spacial score (nSPS) is 12.6. The Hall–Kier alpha value is -1.61. The van der Waals surface area contributed by atoms with E-state index in [1.165, 1.54) is 0 Å². The van der Waals surface area contributed by atoms with Gasteiger partial charge in [-0.1, -0.05) is 15.9 Å². The van der Waals surface area contributed by atoms with Crippen LogP contribution in [0.2, 0.25) is 0 Å². The maximum Gasteiger partial charge on any atom is 0.405 e. The van der Waals surface area contributed by atoms with Gasteiger partial charge in [-0.25, -0.2) is 0 Å². The van der Waals surface area contributed by atoms with Crippen molar-refractivity contribution in [2.75, 3.05) is 18.4 Å². The first kappa shape index (κ1) is 19.4. The Kier molecular flexibility index (Phi) is 7.50. The van der Waals surface area contributed by atoms with Gasteiger partial charge < -0.3 is 16.0 Å². The third-order valence-electron chi connectivity index (χ3n) is 2.72. The average Bonchev–Trinajstić information content (AvgIpc) is 2.44. The zero-order valence-electron chi connectivity index (χ0n) is 12.3. The summed E-state index contributed by atoms with van der Waals surface area (Å²) in [6, 6.07) is 6.65. The molecule has 23 heavy (non-hydrogen) atoms. The van der Waals surface area contributed by atoms with Crippen molar-refractivity contribution in [3.8, 4) is 0 Å². The molecule has 9 heteroatoms. The van der Waals surface area contributed by atoms with Crippen LogP contribution in [0.25, 0.3) is 0 Å². The number of amides is 2. The van der Waals surface area contributed by atoms with Gasteiger partial charge in [0.25, 0.3) is 0 Å². The Balaban J connectivity index is 2.27. The maximum absolute atomic E-state index is 11.9. The first-order valence-electron chi connectivity index (χ1n) is 6.78. The standard InChI is InChI=1S/C14H17BrF3N3O2/c1-9(19-7-13(23)20-8-14(16,17)18)6-12(22)21-11-4-2-10(15)3-5-11/h2-5,9,19H,6-8H2,1H3,(H,20,23)(H,21,22). The van der Waals surface area contributed by atoms with E-state index in [9.17, 15) is 22.8 Å². The molecule has 0 aliphatic heterocycles. The lowest BCUT2D eigenvalue weighted by Crippen LogP contribution is -2.42. The van der Waals surface area contributed by atoms with E-state index in [-0.39, 0.29) is 24.9 Å². The molecular formula is C14H17BrF3N3O2. The number of hydrogen-bond acceptors (Lipinski definition) is 3. The van der Waals surface area contributed by atoms with E-state index >= 15 is 0 Å². The summed E-state index contributed by atoms with van der Waals surface area (Å²) in [6.45, 7) is 0.00690. The summed E-state index contributed by atoms with van der Waals surface area (Å²) in [5.41, 5.74) is 0.633. The van der Waals surface area contributed by atoms with E-state index in [2.05, 4.69) is 26.6 Å². The third-order valence-corrected chi connectivity index (χ3v) is 3.25. The molecule has 3 N–H and O–H groups in total. The lowest BCUT2D eigenvalue weighted by Gasteiger charge is -2.14. The Morgan fingerprint density at radius 2 is 1.78 bits per heavy atom. The average molecular weight is 396 g/mol. The van der Waals surface area contributed by atoms with Crippen LogP contribution >= 0.6 is 15.9 Å². The maximum atomic E-state index is 11.9. The van der Waals surface area contributed by atoms with Crippen molar-refractivity contribution in [2.45, 2.75) is 25.6 Å². The van der Waals surface area contributed by atoms with Gasteiger partial charge in [-0.05, 0) is 31.2 Å². The monoisotopic (exact) mass is 395 g/mol. The van der Waals surface area contributed by atoms with E-state index in [1.807, 2.05) is 0 Å². The molecule has 1 aromatic rings. The molecule has 0 saturated heterocycles. The molecule has 0 aliphatic rings. The van der Waals surface area contributed by atoms with Crippen LogP contribution in [-0.4, -0.2) is 37.1 Å². The van der Waals surface area contributed by atoms with Crippen LogP contribution in [-0.2, 0) is 9.59 Å². The predicted molar refractivity (Wildman–Crippen MR) is 83.9 cm³/mol. The minimum absolute atomic E-state index is 0.0859. The molecule has 0 heterocycles. The van der Waals surface area contributed by atoms with Gasteiger partial charge in [0.05, 0.1) is 6.54 Å². The number of hydrogen-bond donors (Lipinski definition) is 3. The zero-order valence-corrected chi connectivity index (χ0v) is 13.9. The number of carbonyl (C=O) groups excluding carboxylic acids is 2. The summed E-state index contributed by atoms with van der Waals surface area (Å²) >= 11 is 3.28.